The average Bonchev–Trinajstić information content (AvgIpc) is 2.52. The fraction of sp³-hybridized carbons (Fsp3) is 0.647. The molecule has 0 saturated carbocycles. The van der Waals surface area contributed by atoms with Gasteiger partial charge in [0.15, 0.2) is 0 Å². The second-order valence-electron chi connectivity index (χ2n) is 5.39. The van der Waals surface area contributed by atoms with Crippen molar-refractivity contribution < 1.29 is 8.85 Å². The highest BCUT2D eigenvalue weighted by Crippen LogP contribution is 2.22. The van der Waals surface area contributed by atoms with Crippen LogP contribution in [0.25, 0.3) is 0 Å². The van der Waals surface area contributed by atoms with Gasteiger partial charge < -0.3 is 8.85 Å². The van der Waals surface area contributed by atoms with E-state index in [0.717, 1.165) is 18.7 Å². The van der Waals surface area contributed by atoms with Gasteiger partial charge in [-0.25, -0.2) is 0 Å². The lowest BCUT2D eigenvalue weighted by Gasteiger charge is -2.30. The molecule has 0 atom stereocenters. The topological polar surface area (TPSA) is 18.5 Å². The average molecular weight is 295 g/mol. The summed E-state index contributed by atoms with van der Waals surface area (Å²) in [6, 6.07) is 12.4. The summed E-state index contributed by atoms with van der Waals surface area (Å²) in [5.41, 5.74) is 1.23. The van der Waals surface area contributed by atoms with Gasteiger partial charge in [0.05, 0.1) is 6.61 Å². The van der Waals surface area contributed by atoms with Crippen LogP contribution in [-0.4, -0.2) is 15.2 Å². The zero-order valence-electron chi connectivity index (χ0n) is 13.5. The molecule has 0 aromatic heterocycles. The van der Waals surface area contributed by atoms with Gasteiger partial charge in [0, 0.05) is 6.61 Å². The number of hydrogen-bond donors (Lipinski definition) is 0. The highest BCUT2D eigenvalue weighted by molar-refractivity contribution is 6.67. The molecule has 0 heterocycles. The van der Waals surface area contributed by atoms with E-state index in [2.05, 4.69) is 52.0 Å². The molecule has 0 spiro atoms. The summed E-state index contributed by atoms with van der Waals surface area (Å²) < 4.78 is 12.6. The maximum Gasteiger partial charge on any atom is 0.337 e. The summed E-state index contributed by atoms with van der Waals surface area (Å²) in [6.45, 7) is 10.4. The van der Waals surface area contributed by atoms with Gasteiger partial charge in [0.25, 0.3) is 0 Å². The Morgan fingerprint density at radius 2 is 1.50 bits per heavy atom. The van der Waals surface area contributed by atoms with Crippen molar-refractivity contribution in [2.24, 2.45) is 5.92 Å². The summed E-state index contributed by atoms with van der Waals surface area (Å²) in [6.07, 6.45) is 2.38. The van der Waals surface area contributed by atoms with Gasteiger partial charge in [0.1, 0.15) is 0 Å². The maximum atomic E-state index is 6.31. The van der Waals surface area contributed by atoms with Crippen molar-refractivity contribution in [3.8, 4) is 0 Å². The first-order valence-corrected chi connectivity index (χ1v) is 10.2. The van der Waals surface area contributed by atoms with E-state index in [4.69, 9.17) is 8.85 Å². The Kier molecular flexibility index (Phi) is 8.11. The molecule has 0 saturated heterocycles. The van der Waals surface area contributed by atoms with Crippen LogP contribution in [-0.2, 0) is 15.5 Å². The zero-order chi connectivity index (χ0) is 14.8. The van der Waals surface area contributed by atoms with Gasteiger partial charge in [-0.05, 0) is 23.6 Å². The molecule has 1 aromatic rings. The standard InChI is InChI=1S/C17H30O2Si/c1-5-16(6-2)14-18-20(7-3,8-4)19-15-17-12-10-9-11-13-17/h9-13,16H,5-8,14-15H2,1-4H3. The molecule has 1 aromatic carbocycles. The predicted octanol–water partition coefficient (Wildman–Crippen LogP) is 5.14. The fourth-order valence-electron chi connectivity index (χ4n) is 2.28. The van der Waals surface area contributed by atoms with Crippen LogP contribution in [0.1, 0.15) is 46.1 Å². The van der Waals surface area contributed by atoms with Crippen LogP contribution in [0.2, 0.25) is 12.1 Å². The van der Waals surface area contributed by atoms with Gasteiger partial charge in [-0.3, -0.25) is 0 Å². The van der Waals surface area contributed by atoms with Crippen LogP contribution in [0.15, 0.2) is 30.3 Å². The van der Waals surface area contributed by atoms with Crippen LogP contribution < -0.4 is 0 Å². The predicted molar refractivity (Wildman–Crippen MR) is 88.0 cm³/mol. The zero-order valence-corrected chi connectivity index (χ0v) is 14.5. The molecule has 114 valence electrons. The van der Waals surface area contributed by atoms with Crippen molar-refractivity contribution in [2.45, 2.75) is 59.2 Å². The highest BCUT2D eigenvalue weighted by atomic mass is 28.4. The Morgan fingerprint density at radius 1 is 0.900 bits per heavy atom. The maximum absolute atomic E-state index is 6.31. The third-order valence-corrected chi connectivity index (χ3v) is 7.68. The minimum Gasteiger partial charge on any atom is -0.394 e. The van der Waals surface area contributed by atoms with Crippen molar-refractivity contribution >= 4 is 8.56 Å². The number of benzene rings is 1. The van der Waals surface area contributed by atoms with E-state index in [1.165, 1.54) is 18.4 Å². The van der Waals surface area contributed by atoms with Crippen molar-refractivity contribution in [3.63, 3.8) is 0 Å². The third kappa shape index (κ3) is 5.39. The quantitative estimate of drug-likeness (QED) is 0.556. The molecule has 1 rings (SSSR count). The molecule has 0 unspecified atom stereocenters. The Labute approximate surface area is 125 Å². The van der Waals surface area contributed by atoms with E-state index in [1.807, 2.05) is 6.07 Å². The van der Waals surface area contributed by atoms with E-state index >= 15 is 0 Å². The normalized spacial score (nSPS) is 12.1. The van der Waals surface area contributed by atoms with Crippen LogP contribution in [0, 0.1) is 5.92 Å². The van der Waals surface area contributed by atoms with Gasteiger partial charge in [0.2, 0.25) is 0 Å². The van der Waals surface area contributed by atoms with Crippen molar-refractivity contribution in [1.82, 2.24) is 0 Å². The molecule has 0 bridgehead atoms. The Balaban J connectivity index is 2.57. The summed E-state index contributed by atoms with van der Waals surface area (Å²) in [7, 11) is -2.02. The van der Waals surface area contributed by atoms with E-state index in [9.17, 15) is 0 Å². The lowest BCUT2D eigenvalue weighted by atomic mass is 10.1. The van der Waals surface area contributed by atoms with E-state index < -0.39 is 8.56 Å². The first-order chi connectivity index (χ1) is 9.69. The van der Waals surface area contributed by atoms with Crippen LogP contribution in [0.4, 0.5) is 0 Å². The van der Waals surface area contributed by atoms with Crippen molar-refractivity contribution in [2.75, 3.05) is 6.61 Å². The van der Waals surface area contributed by atoms with Gasteiger partial charge in [-0.1, -0.05) is 70.9 Å². The van der Waals surface area contributed by atoms with Crippen LogP contribution in [0.3, 0.4) is 0 Å². The first-order valence-electron chi connectivity index (χ1n) is 8.01. The smallest absolute Gasteiger partial charge is 0.337 e. The monoisotopic (exact) mass is 294 g/mol. The minimum atomic E-state index is -2.02. The SMILES string of the molecule is CCC(CC)CO[Si](CC)(CC)OCc1ccccc1. The lowest BCUT2D eigenvalue weighted by molar-refractivity contribution is 0.136. The minimum absolute atomic E-state index is 0.667. The Morgan fingerprint density at radius 3 is 2.00 bits per heavy atom. The van der Waals surface area contributed by atoms with Crippen LogP contribution >= 0.6 is 0 Å². The van der Waals surface area contributed by atoms with Crippen LogP contribution in [0.5, 0.6) is 0 Å². The Hall–Kier alpha value is -0.643. The first kappa shape index (κ1) is 17.4. The molecule has 0 amide bonds. The largest absolute Gasteiger partial charge is 0.394 e. The van der Waals surface area contributed by atoms with E-state index in [-0.39, 0.29) is 0 Å². The van der Waals surface area contributed by atoms with Gasteiger partial charge in [-0.2, -0.15) is 0 Å². The fourth-order valence-corrected chi connectivity index (χ4v) is 4.65. The molecule has 0 aliphatic heterocycles. The molecular weight excluding hydrogens is 264 g/mol. The van der Waals surface area contributed by atoms with Gasteiger partial charge in [-0.15, -0.1) is 0 Å². The van der Waals surface area contributed by atoms with E-state index in [0.29, 0.717) is 12.5 Å². The molecule has 2 nitrogen and oxygen atoms in total. The Bertz CT molecular complexity index is 345. The summed E-state index contributed by atoms with van der Waals surface area (Å²) in [4.78, 5) is 0. The summed E-state index contributed by atoms with van der Waals surface area (Å²) in [5, 5.41) is 0. The van der Waals surface area contributed by atoms with E-state index in [1.54, 1.807) is 0 Å². The molecule has 0 N–H and O–H groups in total. The number of rotatable bonds is 10. The molecule has 0 fully saturated rings. The molecule has 20 heavy (non-hydrogen) atoms. The summed E-state index contributed by atoms with van der Waals surface area (Å²) in [5.74, 6) is 0.667. The molecule has 0 aliphatic carbocycles. The van der Waals surface area contributed by atoms with Crippen molar-refractivity contribution in [1.29, 1.82) is 0 Å². The lowest BCUT2D eigenvalue weighted by Crippen LogP contribution is -2.41. The van der Waals surface area contributed by atoms with Gasteiger partial charge >= 0.3 is 8.56 Å². The second-order valence-corrected chi connectivity index (χ2v) is 9.20. The third-order valence-electron chi connectivity index (χ3n) is 4.16. The summed E-state index contributed by atoms with van der Waals surface area (Å²) >= 11 is 0. The molecule has 0 radical (unpaired) electrons. The second kappa shape index (κ2) is 9.32. The molecular formula is C17H30O2Si. The number of hydrogen-bond acceptors (Lipinski definition) is 2. The molecule has 0 aliphatic rings. The van der Waals surface area contributed by atoms with Crippen molar-refractivity contribution in [3.05, 3.63) is 35.9 Å². The molecule has 3 heteroatoms. The highest BCUT2D eigenvalue weighted by Gasteiger charge is 2.34.